The normalized spacial score (nSPS) is 22.1. The van der Waals surface area contributed by atoms with Crippen molar-refractivity contribution in [2.24, 2.45) is 10.9 Å². The molecule has 0 fully saturated rings. The third-order valence-corrected chi connectivity index (χ3v) is 1.15. The fourth-order valence-electron chi connectivity index (χ4n) is 0.684. The molecule has 4 nitrogen and oxygen atoms in total. The number of rotatable bonds is 0. The van der Waals surface area contributed by atoms with Crippen LogP contribution in [0.1, 0.15) is 6.92 Å². The molecule has 0 aromatic heterocycles. The fraction of sp³-hybridized carbons (Fsp3) is 0.286. The molecule has 0 aliphatic carbocycles. The van der Waals surface area contributed by atoms with Crippen molar-refractivity contribution >= 4 is 18.2 Å². The van der Waals surface area contributed by atoms with Gasteiger partial charge in [-0.1, -0.05) is 5.92 Å². The quantitative estimate of drug-likeness (QED) is 0.492. The van der Waals surface area contributed by atoms with Crippen molar-refractivity contribution in [1.82, 2.24) is 5.32 Å². The number of aliphatic imine (C=N–C) groups is 1. The van der Waals surface area contributed by atoms with Crippen molar-refractivity contribution < 1.29 is 9.59 Å². The van der Waals surface area contributed by atoms with Crippen molar-refractivity contribution in [2.75, 3.05) is 0 Å². The predicted octanol–water partition coefficient (Wildman–Crippen LogP) is -0.0535. The third-order valence-electron chi connectivity index (χ3n) is 1.15. The molecular weight excluding hydrogens is 144 g/mol. The number of urea groups is 1. The number of carbonyl (C=O) groups is 2. The average Bonchev–Trinajstić information content (AvgIpc) is 1.95. The number of nitrogens with one attached hydrogen (secondary N) is 1. The molecule has 11 heavy (non-hydrogen) atoms. The first-order valence-electron chi connectivity index (χ1n) is 3.05. The maximum Gasteiger partial charge on any atom is 0.347 e. The third kappa shape index (κ3) is 1.64. The highest BCUT2D eigenvalue weighted by Crippen LogP contribution is 1.96. The Morgan fingerprint density at radius 2 is 2.36 bits per heavy atom. The lowest BCUT2D eigenvalue weighted by Crippen LogP contribution is -2.38. The molecule has 1 aliphatic heterocycles. The molecule has 0 spiro atoms. The Bertz CT molecular complexity index is 283. The van der Waals surface area contributed by atoms with Gasteiger partial charge in [0.05, 0.1) is 0 Å². The van der Waals surface area contributed by atoms with E-state index in [2.05, 4.69) is 16.8 Å². The van der Waals surface area contributed by atoms with Gasteiger partial charge in [0.2, 0.25) is 5.91 Å². The second-order valence-corrected chi connectivity index (χ2v) is 1.94. The molecule has 1 aliphatic rings. The first kappa shape index (κ1) is 7.48. The zero-order chi connectivity index (χ0) is 8.27. The number of carbonyl (C=O) groups excluding carboxylic acids is 2. The molecular formula is C7H6N2O2. The number of hydrogen-bond donors (Lipinski definition) is 1. The highest BCUT2D eigenvalue weighted by atomic mass is 16.2. The van der Waals surface area contributed by atoms with Gasteiger partial charge < -0.3 is 0 Å². The molecule has 0 aromatic rings. The smallest absolute Gasteiger partial charge is 0.275 e. The number of hydrogen-bond acceptors (Lipinski definition) is 2. The molecule has 1 unspecified atom stereocenters. The van der Waals surface area contributed by atoms with Crippen molar-refractivity contribution in [3.05, 3.63) is 0 Å². The molecule has 0 saturated carbocycles. The van der Waals surface area contributed by atoms with Gasteiger partial charge >= 0.3 is 6.03 Å². The lowest BCUT2D eigenvalue weighted by Gasteiger charge is -2.07. The summed E-state index contributed by atoms with van der Waals surface area (Å²) in [6, 6.07) is -0.621. The highest BCUT2D eigenvalue weighted by Gasteiger charge is 2.20. The van der Waals surface area contributed by atoms with Crippen molar-refractivity contribution in [1.29, 1.82) is 0 Å². The van der Waals surface area contributed by atoms with Crippen LogP contribution in [0.4, 0.5) is 4.79 Å². The summed E-state index contributed by atoms with van der Waals surface area (Å²) in [5.74, 6) is 4.19. The fourth-order valence-corrected chi connectivity index (χ4v) is 0.684. The molecule has 1 atom stereocenters. The standard InChI is InChI=1S/C7H6N2O2/c1-2-3-5-4-8-7(11)9-6(5)10/h4-5H,1H3,(H,9,10,11). The zero-order valence-electron chi connectivity index (χ0n) is 5.92. The molecule has 4 heteroatoms. The van der Waals surface area contributed by atoms with Gasteiger partial charge in [-0.2, -0.15) is 0 Å². The Hall–Kier alpha value is -1.63. The lowest BCUT2D eigenvalue weighted by atomic mass is 10.1. The van der Waals surface area contributed by atoms with Crippen LogP contribution < -0.4 is 5.32 Å². The van der Waals surface area contributed by atoms with E-state index in [0.29, 0.717) is 0 Å². The van der Waals surface area contributed by atoms with E-state index in [-0.39, 0.29) is 0 Å². The molecule has 1 heterocycles. The van der Waals surface area contributed by atoms with Crippen LogP contribution in [0.25, 0.3) is 0 Å². The second-order valence-electron chi connectivity index (χ2n) is 1.94. The summed E-state index contributed by atoms with van der Waals surface area (Å²) in [6.07, 6.45) is 1.25. The van der Waals surface area contributed by atoms with Gasteiger partial charge in [0.25, 0.3) is 0 Å². The van der Waals surface area contributed by atoms with Gasteiger partial charge in [0.1, 0.15) is 5.92 Å². The van der Waals surface area contributed by atoms with E-state index in [0.717, 1.165) is 0 Å². The first-order chi connectivity index (χ1) is 5.24. The SMILES string of the molecule is CC#CC1C=NC(=O)NC1=O. The minimum absolute atomic E-state index is 0.403. The molecule has 56 valence electrons. The topological polar surface area (TPSA) is 58.5 Å². The van der Waals surface area contributed by atoms with Crippen LogP contribution in [0.15, 0.2) is 4.99 Å². The monoisotopic (exact) mass is 150 g/mol. The van der Waals surface area contributed by atoms with Gasteiger partial charge in [-0.05, 0) is 6.92 Å². The van der Waals surface area contributed by atoms with Crippen LogP contribution in [0.5, 0.6) is 0 Å². The Labute approximate surface area is 63.7 Å². The Morgan fingerprint density at radius 3 is 2.91 bits per heavy atom. The highest BCUT2D eigenvalue weighted by molar-refractivity contribution is 6.10. The minimum atomic E-state index is -0.621. The molecule has 1 rings (SSSR count). The Morgan fingerprint density at radius 1 is 1.64 bits per heavy atom. The predicted molar refractivity (Wildman–Crippen MR) is 39.0 cm³/mol. The summed E-state index contributed by atoms with van der Waals surface area (Å²) >= 11 is 0. The van der Waals surface area contributed by atoms with Gasteiger partial charge in [-0.15, -0.1) is 5.92 Å². The largest absolute Gasteiger partial charge is 0.347 e. The maximum absolute atomic E-state index is 10.9. The summed E-state index contributed by atoms with van der Waals surface area (Å²) in [5, 5.41) is 2.04. The van der Waals surface area contributed by atoms with Crippen LogP contribution in [-0.2, 0) is 4.79 Å². The van der Waals surface area contributed by atoms with Gasteiger partial charge in [-0.25, -0.2) is 9.79 Å². The van der Waals surface area contributed by atoms with Crippen LogP contribution in [-0.4, -0.2) is 18.2 Å². The number of imide groups is 1. The number of nitrogens with zero attached hydrogens (tertiary/aromatic N) is 1. The molecule has 0 saturated heterocycles. The van der Waals surface area contributed by atoms with Crippen molar-refractivity contribution in [3.63, 3.8) is 0 Å². The average molecular weight is 150 g/mol. The second kappa shape index (κ2) is 2.97. The summed E-state index contributed by atoms with van der Waals surface area (Å²) in [4.78, 5) is 24.7. The van der Waals surface area contributed by atoms with Crippen LogP contribution >= 0.6 is 0 Å². The van der Waals surface area contributed by atoms with Gasteiger partial charge in [0.15, 0.2) is 0 Å². The number of amides is 3. The van der Waals surface area contributed by atoms with Gasteiger partial charge in [0, 0.05) is 6.21 Å². The maximum atomic E-state index is 10.9. The zero-order valence-corrected chi connectivity index (χ0v) is 5.92. The van der Waals surface area contributed by atoms with E-state index in [1.807, 2.05) is 5.32 Å². The minimum Gasteiger partial charge on any atom is -0.275 e. The lowest BCUT2D eigenvalue weighted by molar-refractivity contribution is -0.120. The summed E-state index contributed by atoms with van der Waals surface area (Å²) < 4.78 is 0. The summed E-state index contributed by atoms with van der Waals surface area (Å²) in [6.45, 7) is 1.62. The Kier molecular flexibility index (Phi) is 2.02. The molecule has 0 radical (unpaired) electrons. The molecule has 0 aromatic carbocycles. The summed E-state index contributed by atoms with van der Waals surface area (Å²) in [7, 11) is 0. The van der Waals surface area contributed by atoms with Crippen LogP contribution in [0.2, 0.25) is 0 Å². The van der Waals surface area contributed by atoms with Crippen molar-refractivity contribution in [3.8, 4) is 11.8 Å². The van der Waals surface area contributed by atoms with Crippen LogP contribution in [0, 0.1) is 17.8 Å². The van der Waals surface area contributed by atoms with E-state index in [4.69, 9.17) is 0 Å². The Balaban J connectivity index is 2.82. The van der Waals surface area contributed by atoms with Crippen LogP contribution in [0.3, 0.4) is 0 Å². The van der Waals surface area contributed by atoms with E-state index in [1.54, 1.807) is 6.92 Å². The van der Waals surface area contributed by atoms with E-state index in [9.17, 15) is 9.59 Å². The summed E-state index contributed by atoms with van der Waals surface area (Å²) in [5.41, 5.74) is 0. The van der Waals surface area contributed by atoms with E-state index < -0.39 is 17.9 Å². The van der Waals surface area contributed by atoms with Gasteiger partial charge in [-0.3, -0.25) is 10.1 Å². The molecule has 3 amide bonds. The van der Waals surface area contributed by atoms with E-state index in [1.165, 1.54) is 6.21 Å². The molecule has 1 N–H and O–H groups in total. The first-order valence-corrected chi connectivity index (χ1v) is 3.05. The molecule has 0 bridgehead atoms. The van der Waals surface area contributed by atoms with Crippen molar-refractivity contribution in [2.45, 2.75) is 6.92 Å². The van der Waals surface area contributed by atoms with E-state index >= 15 is 0 Å².